The van der Waals surface area contributed by atoms with E-state index in [1.807, 2.05) is 6.92 Å². The van der Waals surface area contributed by atoms with Gasteiger partial charge < -0.3 is 10.6 Å². The predicted octanol–water partition coefficient (Wildman–Crippen LogP) is 3.33. The van der Waals surface area contributed by atoms with Crippen molar-refractivity contribution in [2.45, 2.75) is 6.92 Å². The normalized spacial score (nSPS) is 9.92. The molecule has 0 aliphatic carbocycles. The van der Waals surface area contributed by atoms with E-state index in [4.69, 9.17) is 12.2 Å². The first kappa shape index (κ1) is 18.1. The molecule has 7 heteroatoms. The molecule has 0 saturated heterocycles. The summed E-state index contributed by atoms with van der Waals surface area (Å²) in [5, 5.41) is 8.43. The molecule has 124 valence electrons. The molecule has 2 aromatic carbocycles. The fourth-order valence-electron chi connectivity index (χ4n) is 1.91. The van der Waals surface area contributed by atoms with Crippen LogP contribution in [-0.4, -0.2) is 23.5 Å². The van der Waals surface area contributed by atoms with E-state index in [9.17, 15) is 9.59 Å². The highest BCUT2D eigenvalue weighted by Gasteiger charge is 2.08. The van der Waals surface area contributed by atoms with Crippen molar-refractivity contribution in [3.05, 3.63) is 64.1 Å². The third-order valence-electron chi connectivity index (χ3n) is 3.08. The lowest BCUT2D eigenvalue weighted by molar-refractivity contribution is 0.0953. The fraction of sp³-hybridized carbons (Fsp3) is 0.118. The van der Waals surface area contributed by atoms with Gasteiger partial charge in [-0.1, -0.05) is 15.9 Å². The average Bonchev–Trinajstić information content (AvgIpc) is 2.56. The first-order chi connectivity index (χ1) is 11.5. The smallest absolute Gasteiger partial charge is 0.257 e. The van der Waals surface area contributed by atoms with Crippen LogP contribution in [0.4, 0.5) is 5.69 Å². The molecular formula is C17H16BrN3O2S. The van der Waals surface area contributed by atoms with E-state index in [2.05, 4.69) is 31.9 Å². The molecular weight excluding hydrogens is 390 g/mol. The molecule has 2 rings (SSSR count). The van der Waals surface area contributed by atoms with Crippen LogP contribution >= 0.6 is 28.1 Å². The van der Waals surface area contributed by atoms with E-state index in [0.29, 0.717) is 23.4 Å². The molecule has 0 fully saturated rings. The Morgan fingerprint density at radius 1 is 0.958 bits per heavy atom. The summed E-state index contributed by atoms with van der Waals surface area (Å²) in [4.78, 5) is 23.8. The molecule has 2 amide bonds. The topological polar surface area (TPSA) is 70.2 Å². The van der Waals surface area contributed by atoms with E-state index in [1.54, 1.807) is 48.5 Å². The summed E-state index contributed by atoms with van der Waals surface area (Å²) in [5.74, 6) is -0.422. The lowest BCUT2D eigenvalue weighted by Crippen LogP contribution is -2.34. The van der Waals surface area contributed by atoms with Crippen molar-refractivity contribution in [1.82, 2.24) is 10.6 Å². The van der Waals surface area contributed by atoms with Crippen LogP contribution < -0.4 is 16.0 Å². The zero-order chi connectivity index (χ0) is 17.5. The minimum absolute atomic E-state index is 0.129. The maximum atomic E-state index is 12.1. The molecule has 0 bridgehead atoms. The highest BCUT2D eigenvalue weighted by molar-refractivity contribution is 9.10. The van der Waals surface area contributed by atoms with Crippen molar-refractivity contribution < 1.29 is 9.59 Å². The Kier molecular flexibility index (Phi) is 6.45. The van der Waals surface area contributed by atoms with Crippen LogP contribution in [0.1, 0.15) is 27.6 Å². The summed E-state index contributed by atoms with van der Waals surface area (Å²) in [6, 6.07) is 13.8. The van der Waals surface area contributed by atoms with Gasteiger partial charge in [-0.2, -0.15) is 0 Å². The minimum atomic E-state index is -0.293. The predicted molar refractivity (Wildman–Crippen MR) is 102 cm³/mol. The number of carbonyl (C=O) groups is 2. The van der Waals surface area contributed by atoms with Gasteiger partial charge in [0, 0.05) is 27.8 Å². The quantitative estimate of drug-likeness (QED) is 0.682. The second kappa shape index (κ2) is 8.56. The van der Waals surface area contributed by atoms with Crippen LogP contribution in [0.25, 0.3) is 0 Å². The Bertz CT molecular complexity index is 745. The van der Waals surface area contributed by atoms with Gasteiger partial charge in [0.1, 0.15) is 0 Å². The van der Waals surface area contributed by atoms with Crippen LogP contribution in [0, 0.1) is 0 Å². The van der Waals surface area contributed by atoms with Gasteiger partial charge in [-0.05, 0) is 67.7 Å². The van der Waals surface area contributed by atoms with E-state index in [0.717, 1.165) is 4.47 Å². The highest BCUT2D eigenvalue weighted by Crippen LogP contribution is 2.11. The number of thiocarbonyl (C=S) groups is 1. The van der Waals surface area contributed by atoms with Crippen LogP contribution in [0.5, 0.6) is 0 Å². The van der Waals surface area contributed by atoms with Gasteiger partial charge in [0.25, 0.3) is 11.8 Å². The van der Waals surface area contributed by atoms with Crippen molar-refractivity contribution in [2.75, 3.05) is 11.9 Å². The second-order valence-corrected chi connectivity index (χ2v) is 6.18. The molecule has 5 nitrogen and oxygen atoms in total. The largest absolute Gasteiger partial charge is 0.352 e. The summed E-state index contributed by atoms with van der Waals surface area (Å²) >= 11 is 8.45. The molecule has 0 heterocycles. The van der Waals surface area contributed by atoms with Crippen molar-refractivity contribution in [1.29, 1.82) is 0 Å². The Morgan fingerprint density at radius 2 is 1.50 bits per heavy atom. The summed E-state index contributed by atoms with van der Waals surface area (Å²) in [6.45, 7) is 2.44. The third-order valence-corrected chi connectivity index (χ3v) is 3.81. The summed E-state index contributed by atoms with van der Waals surface area (Å²) in [7, 11) is 0. The van der Waals surface area contributed by atoms with Gasteiger partial charge in [-0.15, -0.1) is 0 Å². The van der Waals surface area contributed by atoms with Crippen molar-refractivity contribution >= 4 is 50.8 Å². The van der Waals surface area contributed by atoms with E-state index in [1.165, 1.54) is 0 Å². The second-order valence-electron chi connectivity index (χ2n) is 4.85. The van der Waals surface area contributed by atoms with Crippen LogP contribution in [0.2, 0.25) is 0 Å². The van der Waals surface area contributed by atoms with E-state index in [-0.39, 0.29) is 16.9 Å². The molecule has 24 heavy (non-hydrogen) atoms. The monoisotopic (exact) mass is 405 g/mol. The number of rotatable bonds is 4. The zero-order valence-corrected chi connectivity index (χ0v) is 15.3. The average molecular weight is 406 g/mol. The number of halogens is 1. The molecule has 0 aliphatic rings. The molecule has 0 unspecified atom stereocenters. The first-order valence-electron chi connectivity index (χ1n) is 7.25. The third kappa shape index (κ3) is 5.14. The number of anilines is 1. The van der Waals surface area contributed by atoms with Crippen molar-refractivity contribution in [2.24, 2.45) is 0 Å². The number of benzene rings is 2. The summed E-state index contributed by atoms with van der Waals surface area (Å²) in [5.41, 5.74) is 1.75. The van der Waals surface area contributed by atoms with Gasteiger partial charge in [0.2, 0.25) is 0 Å². The van der Waals surface area contributed by atoms with Gasteiger partial charge in [-0.25, -0.2) is 0 Å². The maximum Gasteiger partial charge on any atom is 0.257 e. The molecule has 0 atom stereocenters. The van der Waals surface area contributed by atoms with Crippen LogP contribution in [-0.2, 0) is 0 Å². The van der Waals surface area contributed by atoms with Crippen LogP contribution in [0.3, 0.4) is 0 Å². The van der Waals surface area contributed by atoms with Gasteiger partial charge >= 0.3 is 0 Å². The fourth-order valence-corrected chi connectivity index (χ4v) is 2.38. The number of nitrogens with one attached hydrogen (secondary N) is 3. The van der Waals surface area contributed by atoms with E-state index >= 15 is 0 Å². The van der Waals surface area contributed by atoms with Crippen molar-refractivity contribution in [3.8, 4) is 0 Å². The standard InChI is InChI=1S/C17H16BrN3O2S/c1-2-19-15(22)11-5-9-14(10-6-11)20-17(24)21-16(23)12-3-7-13(18)8-4-12/h3-10H,2H2,1H3,(H,19,22)(H2,20,21,23,24). The summed E-state index contributed by atoms with van der Waals surface area (Å²) in [6.07, 6.45) is 0. The SMILES string of the molecule is CCNC(=O)c1ccc(NC(=S)NC(=O)c2ccc(Br)cc2)cc1. The Balaban J connectivity index is 1.93. The minimum Gasteiger partial charge on any atom is -0.352 e. The molecule has 0 aliphatic heterocycles. The Hall–Kier alpha value is -2.25. The Labute approximate surface area is 154 Å². The lowest BCUT2D eigenvalue weighted by Gasteiger charge is -2.10. The van der Waals surface area contributed by atoms with Gasteiger partial charge in [0.05, 0.1) is 0 Å². The number of hydrogen-bond donors (Lipinski definition) is 3. The van der Waals surface area contributed by atoms with Gasteiger partial charge in [-0.3, -0.25) is 14.9 Å². The zero-order valence-electron chi connectivity index (χ0n) is 12.9. The number of hydrogen-bond acceptors (Lipinski definition) is 3. The molecule has 3 N–H and O–H groups in total. The van der Waals surface area contributed by atoms with Crippen LogP contribution in [0.15, 0.2) is 53.0 Å². The Morgan fingerprint density at radius 3 is 2.08 bits per heavy atom. The number of amides is 2. The molecule has 0 aromatic heterocycles. The number of carbonyl (C=O) groups excluding carboxylic acids is 2. The summed E-state index contributed by atoms with van der Waals surface area (Å²) < 4.78 is 0.895. The van der Waals surface area contributed by atoms with E-state index < -0.39 is 0 Å². The maximum absolute atomic E-state index is 12.1. The molecule has 0 spiro atoms. The molecule has 2 aromatic rings. The highest BCUT2D eigenvalue weighted by atomic mass is 79.9. The molecule has 0 radical (unpaired) electrons. The molecule has 0 saturated carbocycles. The van der Waals surface area contributed by atoms with Gasteiger partial charge in [0.15, 0.2) is 5.11 Å². The van der Waals surface area contributed by atoms with Crippen molar-refractivity contribution in [3.63, 3.8) is 0 Å². The lowest BCUT2D eigenvalue weighted by atomic mass is 10.2. The first-order valence-corrected chi connectivity index (χ1v) is 8.46.